The zero-order chi connectivity index (χ0) is 12.6. The number of hydrogen-bond acceptors (Lipinski definition) is 5. The van der Waals surface area contributed by atoms with Crippen LogP contribution in [-0.2, 0) is 0 Å². The molecule has 1 amide bonds. The molecule has 0 saturated heterocycles. The molecule has 2 unspecified atom stereocenters. The highest BCUT2D eigenvalue weighted by molar-refractivity contribution is 7.11. The summed E-state index contributed by atoms with van der Waals surface area (Å²) in [6, 6.07) is 0.551. The Bertz CT molecular complexity index is 429. The molecule has 1 aliphatic carbocycles. The number of hydrogen-bond donors (Lipinski definition) is 3. The maximum atomic E-state index is 12.0. The van der Waals surface area contributed by atoms with Crippen LogP contribution < -0.4 is 16.4 Å². The second-order valence-corrected chi connectivity index (χ2v) is 5.64. The van der Waals surface area contributed by atoms with Gasteiger partial charge in [0, 0.05) is 12.1 Å². The monoisotopic (exact) mass is 254 g/mol. The van der Waals surface area contributed by atoms with E-state index in [1.165, 1.54) is 11.5 Å². The average Bonchev–Trinajstić information content (AvgIpc) is 2.75. The molecule has 6 heteroatoms. The van der Waals surface area contributed by atoms with Gasteiger partial charge in [0.2, 0.25) is 0 Å². The summed E-state index contributed by atoms with van der Waals surface area (Å²) in [4.78, 5) is 12.0. The van der Waals surface area contributed by atoms with E-state index in [0.717, 1.165) is 11.4 Å². The normalized spacial score (nSPS) is 22.6. The summed E-state index contributed by atoms with van der Waals surface area (Å²) in [6.07, 6.45) is 1.14. The number of rotatable bonds is 4. The Morgan fingerprint density at radius 3 is 2.76 bits per heavy atom. The summed E-state index contributed by atoms with van der Waals surface area (Å²) in [5, 5.41) is 6.95. The number of nitrogens with two attached hydrogens (primary N) is 1. The minimum Gasteiger partial charge on any atom is -0.382 e. The molecule has 0 bridgehead atoms. The van der Waals surface area contributed by atoms with Gasteiger partial charge in [-0.05, 0) is 37.7 Å². The maximum absolute atomic E-state index is 12.0. The zero-order valence-corrected chi connectivity index (χ0v) is 11.1. The van der Waals surface area contributed by atoms with Gasteiger partial charge in [-0.25, -0.2) is 0 Å². The topological polar surface area (TPSA) is 80.0 Å². The molecule has 1 aromatic rings. The fourth-order valence-corrected chi connectivity index (χ4v) is 2.42. The fourth-order valence-electron chi connectivity index (χ4n) is 1.65. The molecule has 94 valence electrons. The second kappa shape index (κ2) is 4.52. The number of carbonyl (C=O) groups excluding carboxylic acids is 1. The molecule has 4 N–H and O–H groups in total. The van der Waals surface area contributed by atoms with Crippen LogP contribution in [0.15, 0.2) is 0 Å². The van der Waals surface area contributed by atoms with E-state index >= 15 is 0 Å². The Balaban J connectivity index is 2.14. The highest BCUT2D eigenvalue weighted by atomic mass is 32.1. The first kappa shape index (κ1) is 12.2. The van der Waals surface area contributed by atoms with Crippen molar-refractivity contribution in [2.24, 2.45) is 5.92 Å². The molecule has 1 saturated carbocycles. The molecule has 1 aromatic heterocycles. The molecule has 2 atom stereocenters. The van der Waals surface area contributed by atoms with Crippen LogP contribution in [0.4, 0.5) is 10.8 Å². The molecule has 0 aromatic carbocycles. The van der Waals surface area contributed by atoms with Crippen molar-refractivity contribution in [2.45, 2.75) is 39.3 Å². The third-order valence-corrected chi connectivity index (χ3v) is 3.58. The van der Waals surface area contributed by atoms with Gasteiger partial charge in [-0.2, -0.15) is 4.37 Å². The molecule has 0 radical (unpaired) electrons. The molecule has 5 nitrogen and oxygen atoms in total. The molecule has 1 heterocycles. The zero-order valence-electron chi connectivity index (χ0n) is 10.3. The maximum Gasteiger partial charge on any atom is 0.258 e. The third-order valence-electron chi connectivity index (χ3n) is 2.79. The van der Waals surface area contributed by atoms with Gasteiger partial charge in [-0.3, -0.25) is 4.79 Å². The van der Waals surface area contributed by atoms with Crippen LogP contribution in [0.3, 0.4) is 0 Å². The van der Waals surface area contributed by atoms with Gasteiger partial charge in [-0.15, -0.1) is 0 Å². The lowest BCUT2D eigenvalue weighted by molar-refractivity contribution is 0.0945. The summed E-state index contributed by atoms with van der Waals surface area (Å²) >= 11 is 1.26. The molecular weight excluding hydrogens is 236 g/mol. The molecule has 0 spiro atoms. The van der Waals surface area contributed by atoms with Crippen LogP contribution >= 0.6 is 11.5 Å². The van der Waals surface area contributed by atoms with Crippen molar-refractivity contribution < 1.29 is 4.79 Å². The van der Waals surface area contributed by atoms with Gasteiger partial charge < -0.3 is 16.4 Å². The standard InChI is InChI=1S/C11H18N4OS/c1-5(2)13-10(16)8-9(12)15-17-11(8)14-7-4-6(7)3/h5-7,14H,4H2,1-3H3,(H2,12,15)(H,13,16). The predicted molar refractivity (Wildman–Crippen MR) is 70.3 cm³/mol. The summed E-state index contributed by atoms with van der Waals surface area (Å²) in [7, 11) is 0. The number of anilines is 2. The van der Waals surface area contributed by atoms with E-state index in [0.29, 0.717) is 23.3 Å². The van der Waals surface area contributed by atoms with Crippen molar-refractivity contribution in [1.29, 1.82) is 0 Å². The van der Waals surface area contributed by atoms with Crippen LogP contribution in [-0.4, -0.2) is 22.4 Å². The highest BCUT2D eigenvalue weighted by Crippen LogP contribution is 2.36. The number of aromatic nitrogens is 1. The van der Waals surface area contributed by atoms with Crippen LogP contribution in [0.5, 0.6) is 0 Å². The lowest BCUT2D eigenvalue weighted by Gasteiger charge is -2.09. The minimum atomic E-state index is -0.151. The smallest absolute Gasteiger partial charge is 0.258 e. The summed E-state index contributed by atoms with van der Waals surface area (Å²) in [5.74, 6) is 0.824. The SMILES string of the molecule is CC(C)NC(=O)c1c(N)nsc1NC1CC1C. The Labute approximate surface area is 105 Å². The largest absolute Gasteiger partial charge is 0.382 e. The van der Waals surface area contributed by atoms with E-state index in [4.69, 9.17) is 5.73 Å². The van der Waals surface area contributed by atoms with Crippen LogP contribution in [0.1, 0.15) is 37.6 Å². The first-order valence-corrected chi connectivity index (χ1v) is 6.59. The Morgan fingerprint density at radius 1 is 1.59 bits per heavy atom. The van der Waals surface area contributed by atoms with E-state index in [2.05, 4.69) is 21.9 Å². The van der Waals surface area contributed by atoms with Crippen LogP contribution in [0.25, 0.3) is 0 Å². The van der Waals surface area contributed by atoms with Crippen molar-refractivity contribution in [2.75, 3.05) is 11.1 Å². The first-order valence-electron chi connectivity index (χ1n) is 5.81. The number of amides is 1. The molecule has 2 rings (SSSR count). The van der Waals surface area contributed by atoms with E-state index in [-0.39, 0.29) is 11.9 Å². The summed E-state index contributed by atoms with van der Waals surface area (Å²) in [6.45, 7) is 6.02. The van der Waals surface area contributed by atoms with Crippen LogP contribution in [0.2, 0.25) is 0 Å². The van der Waals surface area contributed by atoms with E-state index in [1.54, 1.807) is 0 Å². The Morgan fingerprint density at radius 2 is 2.24 bits per heavy atom. The van der Waals surface area contributed by atoms with E-state index < -0.39 is 0 Å². The molecular formula is C11H18N4OS. The van der Waals surface area contributed by atoms with Gasteiger partial charge in [0.15, 0.2) is 5.82 Å². The number of nitrogens with one attached hydrogen (secondary N) is 2. The lowest BCUT2D eigenvalue weighted by Crippen LogP contribution is -2.31. The van der Waals surface area contributed by atoms with Gasteiger partial charge in [0.05, 0.1) is 0 Å². The average molecular weight is 254 g/mol. The van der Waals surface area contributed by atoms with Crippen molar-refractivity contribution >= 4 is 28.3 Å². The van der Waals surface area contributed by atoms with Crippen LogP contribution in [0, 0.1) is 5.92 Å². The third kappa shape index (κ3) is 2.69. The summed E-state index contributed by atoms with van der Waals surface area (Å²) < 4.78 is 4.05. The Hall–Kier alpha value is -1.30. The molecule has 1 aliphatic rings. The van der Waals surface area contributed by atoms with Gasteiger partial charge in [0.25, 0.3) is 5.91 Å². The van der Waals surface area contributed by atoms with E-state index in [1.807, 2.05) is 13.8 Å². The predicted octanol–water partition coefficient (Wildman–Crippen LogP) is 1.68. The van der Waals surface area contributed by atoms with Gasteiger partial charge in [0.1, 0.15) is 10.6 Å². The van der Waals surface area contributed by atoms with Gasteiger partial charge in [-0.1, -0.05) is 6.92 Å². The van der Waals surface area contributed by atoms with Crippen molar-refractivity contribution in [1.82, 2.24) is 9.69 Å². The Kier molecular flexibility index (Phi) is 3.24. The molecule has 0 aliphatic heterocycles. The first-order chi connectivity index (χ1) is 7.99. The van der Waals surface area contributed by atoms with Gasteiger partial charge >= 0.3 is 0 Å². The highest BCUT2D eigenvalue weighted by Gasteiger charge is 2.34. The molecule has 17 heavy (non-hydrogen) atoms. The number of nitrogens with zero attached hydrogens (tertiary/aromatic N) is 1. The number of nitrogen functional groups attached to an aromatic ring is 1. The van der Waals surface area contributed by atoms with Crippen molar-refractivity contribution in [3.8, 4) is 0 Å². The summed E-state index contributed by atoms with van der Waals surface area (Å²) in [5.41, 5.74) is 6.24. The van der Waals surface area contributed by atoms with E-state index in [9.17, 15) is 4.79 Å². The number of carbonyl (C=O) groups is 1. The molecule has 1 fully saturated rings. The minimum absolute atomic E-state index is 0.0921. The second-order valence-electron chi connectivity index (χ2n) is 4.86. The van der Waals surface area contributed by atoms with Crippen molar-refractivity contribution in [3.05, 3.63) is 5.56 Å². The fraction of sp³-hybridized carbons (Fsp3) is 0.636. The quantitative estimate of drug-likeness (QED) is 0.763. The lowest BCUT2D eigenvalue weighted by atomic mass is 10.2. The van der Waals surface area contributed by atoms with Crippen molar-refractivity contribution in [3.63, 3.8) is 0 Å².